The second-order valence-corrected chi connectivity index (χ2v) is 3.83. The van der Waals surface area contributed by atoms with Gasteiger partial charge in [0.25, 0.3) is 0 Å². The zero-order valence-corrected chi connectivity index (χ0v) is 9.37. The van der Waals surface area contributed by atoms with E-state index in [1.807, 2.05) is 32.0 Å². The minimum absolute atomic E-state index is 0.432. The second-order valence-electron chi connectivity index (χ2n) is 3.83. The Morgan fingerprint density at radius 2 is 1.88 bits per heavy atom. The summed E-state index contributed by atoms with van der Waals surface area (Å²) >= 11 is 0. The zero-order valence-electron chi connectivity index (χ0n) is 9.37. The number of aryl methyl sites for hydroxylation is 2. The quantitative estimate of drug-likeness (QED) is 0.721. The SMILES string of the molecule is Cc1cccc(Cc2ccc(F)nc2C)n1. The van der Waals surface area contributed by atoms with Crippen LogP contribution in [0.15, 0.2) is 30.3 Å². The first-order chi connectivity index (χ1) is 7.65. The maximum Gasteiger partial charge on any atom is 0.213 e. The lowest BCUT2D eigenvalue weighted by atomic mass is 10.1. The highest BCUT2D eigenvalue weighted by atomic mass is 19.1. The Morgan fingerprint density at radius 3 is 2.56 bits per heavy atom. The first-order valence-electron chi connectivity index (χ1n) is 5.20. The number of rotatable bonds is 2. The molecular weight excluding hydrogens is 203 g/mol. The molecule has 0 bridgehead atoms. The Kier molecular flexibility index (Phi) is 2.95. The van der Waals surface area contributed by atoms with Gasteiger partial charge >= 0.3 is 0 Å². The maximum absolute atomic E-state index is 12.8. The summed E-state index contributed by atoms with van der Waals surface area (Å²) in [6, 6.07) is 9.05. The Labute approximate surface area is 94.2 Å². The van der Waals surface area contributed by atoms with E-state index in [9.17, 15) is 4.39 Å². The number of pyridine rings is 2. The first-order valence-corrected chi connectivity index (χ1v) is 5.20. The molecular formula is C13H13FN2. The lowest BCUT2D eigenvalue weighted by Gasteiger charge is -2.05. The van der Waals surface area contributed by atoms with E-state index in [-0.39, 0.29) is 0 Å². The summed E-state index contributed by atoms with van der Waals surface area (Å²) in [4.78, 5) is 8.21. The van der Waals surface area contributed by atoms with Gasteiger partial charge in [0.1, 0.15) is 0 Å². The number of hydrogen-bond donors (Lipinski definition) is 0. The number of hydrogen-bond acceptors (Lipinski definition) is 2. The van der Waals surface area contributed by atoms with Crippen LogP contribution in [0.2, 0.25) is 0 Å². The Bertz CT molecular complexity index is 509. The summed E-state index contributed by atoms with van der Waals surface area (Å²) in [6.07, 6.45) is 0.695. The van der Waals surface area contributed by atoms with Gasteiger partial charge in [0.2, 0.25) is 5.95 Å². The molecule has 0 saturated heterocycles. The van der Waals surface area contributed by atoms with Gasteiger partial charge in [-0.05, 0) is 37.6 Å². The molecule has 0 aliphatic carbocycles. The van der Waals surface area contributed by atoms with E-state index in [1.54, 1.807) is 6.07 Å². The predicted molar refractivity (Wildman–Crippen MR) is 60.7 cm³/mol. The lowest BCUT2D eigenvalue weighted by Crippen LogP contribution is -1.98. The van der Waals surface area contributed by atoms with Crippen LogP contribution in [0, 0.1) is 19.8 Å². The molecule has 0 aliphatic heterocycles. The highest BCUT2D eigenvalue weighted by Gasteiger charge is 2.03. The van der Waals surface area contributed by atoms with Crippen LogP contribution in [0.1, 0.15) is 22.6 Å². The van der Waals surface area contributed by atoms with Gasteiger partial charge in [-0.2, -0.15) is 4.39 Å². The van der Waals surface area contributed by atoms with Crippen molar-refractivity contribution < 1.29 is 4.39 Å². The van der Waals surface area contributed by atoms with E-state index in [1.165, 1.54) is 6.07 Å². The summed E-state index contributed by atoms with van der Waals surface area (Å²) in [5, 5.41) is 0. The Morgan fingerprint density at radius 1 is 1.06 bits per heavy atom. The van der Waals surface area contributed by atoms with Crippen LogP contribution in [-0.4, -0.2) is 9.97 Å². The minimum Gasteiger partial charge on any atom is -0.258 e. The smallest absolute Gasteiger partial charge is 0.213 e. The van der Waals surface area contributed by atoms with Crippen LogP contribution in [-0.2, 0) is 6.42 Å². The van der Waals surface area contributed by atoms with Crippen molar-refractivity contribution in [3.63, 3.8) is 0 Å². The third-order valence-electron chi connectivity index (χ3n) is 2.48. The molecule has 0 atom stereocenters. The minimum atomic E-state index is -0.432. The van der Waals surface area contributed by atoms with Crippen molar-refractivity contribution in [2.45, 2.75) is 20.3 Å². The molecule has 0 N–H and O–H groups in total. The zero-order chi connectivity index (χ0) is 11.5. The monoisotopic (exact) mass is 216 g/mol. The first kappa shape index (κ1) is 10.7. The number of aromatic nitrogens is 2. The summed E-state index contributed by atoms with van der Waals surface area (Å²) in [5.74, 6) is -0.432. The maximum atomic E-state index is 12.8. The van der Waals surface area contributed by atoms with Crippen molar-refractivity contribution >= 4 is 0 Å². The third-order valence-corrected chi connectivity index (χ3v) is 2.48. The van der Waals surface area contributed by atoms with Crippen LogP contribution in [0.25, 0.3) is 0 Å². The van der Waals surface area contributed by atoms with Crippen molar-refractivity contribution in [1.82, 2.24) is 9.97 Å². The van der Waals surface area contributed by atoms with E-state index in [0.29, 0.717) is 6.42 Å². The van der Waals surface area contributed by atoms with Gasteiger partial charge in [-0.15, -0.1) is 0 Å². The van der Waals surface area contributed by atoms with Crippen LogP contribution in [0.4, 0.5) is 4.39 Å². The van der Waals surface area contributed by atoms with Crippen molar-refractivity contribution in [2.24, 2.45) is 0 Å². The third kappa shape index (κ3) is 2.42. The highest BCUT2D eigenvalue weighted by molar-refractivity contribution is 5.25. The van der Waals surface area contributed by atoms with Gasteiger partial charge in [0.15, 0.2) is 0 Å². The van der Waals surface area contributed by atoms with Crippen molar-refractivity contribution in [3.05, 3.63) is 58.9 Å². The molecule has 2 heterocycles. The van der Waals surface area contributed by atoms with E-state index >= 15 is 0 Å². The second kappa shape index (κ2) is 4.39. The largest absolute Gasteiger partial charge is 0.258 e. The van der Waals surface area contributed by atoms with E-state index in [2.05, 4.69) is 9.97 Å². The van der Waals surface area contributed by atoms with E-state index in [0.717, 1.165) is 22.6 Å². The summed E-state index contributed by atoms with van der Waals surface area (Å²) in [6.45, 7) is 3.77. The molecule has 0 radical (unpaired) electrons. The molecule has 2 aromatic rings. The number of halogens is 1. The molecule has 16 heavy (non-hydrogen) atoms. The fourth-order valence-electron chi connectivity index (χ4n) is 1.64. The fraction of sp³-hybridized carbons (Fsp3) is 0.231. The molecule has 3 heteroatoms. The molecule has 82 valence electrons. The van der Waals surface area contributed by atoms with E-state index < -0.39 is 5.95 Å². The average Bonchev–Trinajstić information content (AvgIpc) is 2.22. The topological polar surface area (TPSA) is 25.8 Å². The molecule has 0 spiro atoms. The molecule has 0 saturated carbocycles. The van der Waals surface area contributed by atoms with Gasteiger partial charge < -0.3 is 0 Å². The fourth-order valence-corrected chi connectivity index (χ4v) is 1.64. The van der Waals surface area contributed by atoms with Crippen molar-refractivity contribution in [2.75, 3.05) is 0 Å². The van der Waals surface area contributed by atoms with Crippen LogP contribution in [0.5, 0.6) is 0 Å². The van der Waals surface area contributed by atoms with E-state index in [4.69, 9.17) is 0 Å². The predicted octanol–water partition coefficient (Wildman–Crippen LogP) is 2.82. The van der Waals surface area contributed by atoms with Crippen molar-refractivity contribution in [3.8, 4) is 0 Å². The molecule has 2 rings (SSSR count). The van der Waals surface area contributed by atoms with Gasteiger partial charge in [0, 0.05) is 23.5 Å². The molecule has 0 aromatic carbocycles. The average molecular weight is 216 g/mol. The molecule has 2 nitrogen and oxygen atoms in total. The van der Waals surface area contributed by atoms with Crippen molar-refractivity contribution in [1.29, 1.82) is 0 Å². The lowest BCUT2D eigenvalue weighted by molar-refractivity contribution is 0.578. The molecule has 2 aromatic heterocycles. The normalized spacial score (nSPS) is 10.4. The molecule has 0 amide bonds. The van der Waals surface area contributed by atoms with Crippen LogP contribution in [0.3, 0.4) is 0 Å². The Balaban J connectivity index is 2.27. The Hall–Kier alpha value is -1.77. The van der Waals surface area contributed by atoms with Gasteiger partial charge in [-0.3, -0.25) is 4.98 Å². The van der Waals surface area contributed by atoms with Gasteiger partial charge in [-0.1, -0.05) is 12.1 Å². The van der Waals surface area contributed by atoms with Crippen LogP contribution < -0.4 is 0 Å². The molecule has 0 aliphatic rings. The summed E-state index contributed by atoms with van der Waals surface area (Å²) in [5.41, 5.74) is 3.71. The standard InChI is InChI=1S/C13H13FN2/c1-9-4-3-5-12(15-9)8-11-6-7-13(14)16-10(11)2/h3-7H,8H2,1-2H3. The molecule has 0 unspecified atom stereocenters. The van der Waals surface area contributed by atoms with Gasteiger partial charge in [-0.25, -0.2) is 4.98 Å². The highest BCUT2D eigenvalue weighted by Crippen LogP contribution is 2.11. The number of nitrogens with zero attached hydrogens (tertiary/aromatic N) is 2. The van der Waals surface area contributed by atoms with Crippen LogP contribution >= 0.6 is 0 Å². The molecule has 0 fully saturated rings. The summed E-state index contributed by atoms with van der Waals surface area (Å²) in [7, 11) is 0. The summed E-state index contributed by atoms with van der Waals surface area (Å²) < 4.78 is 12.8. The van der Waals surface area contributed by atoms with Gasteiger partial charge in [0.05, 0.1) is 0 Å².